The second-order valence-electron chi connectivity index (χ2n) is 3.49. The third-order valence-corrected chi connectivity index (χ3v) is 2.58. The molecule has 0 spiro atoms. The van der Waals surface area contributed by atoms with Gasteiger partial charge in [-0.05, 0) is 25.7 Å². The largest absolute Gasteiger partial charge is 0.374 e. The third kappa shape index (κ3) is 2.21. The molecule has 1 atom stereocenters. The first-order valence-electron chi connectivity index (χ1n) is 4.61. The van der Waals surface area contributed by atoms with Crippen LogP contribution in [0.15, 0.2) is 0 Å². The average molecular weight is 171 g/mol. The van der Waals surface area contributed by atoms with Gasteiger partial charge in [0.15, 0.2) is 0 Å². The van der Waals surface area contributed by atoms with Gasteiger partial charge in [0.1, 0.15) is 0 Å². The van der Waals surface area contributed by atoms with Gasteiger partial charge in [0.05, 0.1) is 12.0 Å². The van der Waals surface area contributed by atoms with Gasteiger partial charge in [-0.25, -0.2) is 0 Å². The van der Waals surface area contributed by atoms with E-state index in [1.807, 2.05) is 6.92 Å². The highest BCUT2D eigenvalue weighted by Crippen LogP contribution is 2.30. The summed E-state index contributed by atoms with van der Waals surface area (Å²) < 4.78 is 5.62. The molecule has 1 aliphatic heterocycles. The van der Waals surface area contributed by atoms with Gasteiger partial charge in [0.2, 0.25) is 5.91 Å². The lowest BCUT2D eigenvalue weighted by Crippen LogP contribution is -2.39. The number of hydrogen-bond acceptors (Lipinski definition) is 2. The monoisotopic (exact) mass is 171 g/mol. The summed E-state index contributed by atoms with van der Waals surface area (Å²) in [4.78, 5) is 10.8. The minimum absolute atomic E-state index is 0.232. The molecule has 1 aliphatic rings. The lowest BCUT2D eigenvalue weighted by atomic mass is 9.88. The summed E-state index contributed by atoms with van der Waals surface area (Å²) in [6.45, 7) is 2.83. The zero-order chi connectivity index (χ0) is 9.03. The van der Waals surface area contributed by atoms with E-state index in [1.54, 1.807) is 0 Å². The molecule has 70 valence electrons. The molecule has 0 saturated carbocycles. The quantitative estimate of drug-likeness (QED) is 0.694. The van der Waals surface area contributed by atoms with E-state index in [2.05, 4.69) is 0 Å². The molecule has 1 unspecified atom stereocenters. The third-order valence-electron chi connectivity index (χ3n) is 2.58. The predicted octanol–water partition coefficient (Wildman–Crippen LogP) is 1.21. The molecule has 12 heavy (non-hydrogen) atoms. The van der Waals surface area contributed by atoms with E-state index in [-0.39, 0.29) is 11.5 Å². The molecular weight excluding hydrogens is 154 g/mol. The summed E-state index contributed by atoms with van der Waals surface area (Å²) >= 11 is 0. The second-order valence-corrected chi connectivity index (χ2v) is 3.49. The molecule has 3 nitrogen and oxygen atoms in total. The van der Waals surface area contributed by atoms with Crippen LogP contribution in [0.5, 0.6) is 0 Å². The second kappa shape index (κ2) is 3.90. The van der Waals surface area contributed by atoms with Crippen LogP contribution >= 0.6 is 0 Å². The predicted molar refractivity (Wildman–Crippen MR) is 46.6 cm³/mol. The van der Waals surface area contributed by atoms with E-state index in [0.29, 0.717) is 6.42 Å². The van der Waals surface area contributed by atoms with Crippen molar-refractivity contribution in [3.05, 3.63) is 0 Å². The summed E-state index contributed by atoms with van der Waals surface area (Å²) in [5, 5.41) is 0. The summed E-state index contributed by atoms with van der Waals surface area (Å²) in [5.74, 6) is -0.251. The Morgan fingerprint density at radius 3 is 2.75 bits per heavy atom. The zero-order valence-corrected chi connectivity index (χ0v) is 7.64. The first-order valence-corrected chi connectivity index (χ1v) is 4.61. The Hall–Kier alpha value is -0.570. The van der Waals surface area contributed by atoms with E-state index >= 15 is 0 Å². The number of nitrogens with two attached hydrogens (primary N) is 1. The molecule has 2 N–H and O–H groups in total. The topological polar surface area (TPSA) is 52.3 Å². The van der Waals surface area contributed by atoms with Gasteiger partial charge < -0.3 is 10.5 Å². The molecule has 0 bridgehead atoms. The highest BCUT2D eigenvalue weighted by Gasteiger charge is 2.32. The van der Waals surface area contributed by atoms with Crippen molar-refractivity contribution < 1.29 is 9.53 Å². The minimum Gasteiger partial charge on any atom is -0.374 e. The molecule has 1 fully saturated rings. The van der Waals surface area contributed by atoms with Crippen molar-refractivity contribution in [2.75, 3.05) is 6.61 Å². The van der Waals surface area contributed by atoms with Crippen LogP contribution in [0.4, 0.5) is 0 Å². The summed E-state index contributed by atoms with van der Waals surface area (Å²) in [6.07, 6.45) is 4.51. The van der Waals surface area contributed by atoms with Crippen LogP contribution in [0.3, 0.4) is 0 Å². The smallest absolute Gasteiger partial charge is 0.220 e. The van der Waals surface area contributed by atoms with Crippen molar-refractivity contribution in [2.24, 2.45) is 5.73 Å². The maximum absolute atomic E-state index is 10.8. The van der Waals surface area contributed by atoms with Crippen molar-refractivity contribution in [1.29, 1.82) is 0 Å². The fourth-order valence-electron chi connectivity index (χ4n) is 1.77. The summed E-state index contributed by atoms with van der Waals surface area (Å²) in [5.41, 5.74) is 4.93. The van der Waals surface area contributed by atoms with Crippen molar-refractivity contribution in [2.45, 2.75) is 44.6 Å². The summed E-state index contributed by atoms with van der Waals surface area (Å²) in [7, 11) is 0. The van der Waals surface area contributed by atoms with E-state index in [0.717, 1.165) is 32.3 Å². The number of amides is 1. The number of rotatable bonds is 3. The molecule has 0 aliphatic carbocycles. The van der Waals surface area contributed by atoms with Crippen molar-refractivity contribution in [3.8, 4) is 0 Å². The fourth-order valence-corrected chi connectivity index (χ4v) is 1.77. The van der Waals surface area contributed by atoms with Gasteiger partial charge in [-0.1, -0.05) is 6.92 Å². The van der Waals surface area contributed by atoms with Gasteiger partial charge in [-0.3, -0.25) is 4.79 Å². The molecule has 1 saturated heterocycles. The van der Waals surface area contributed by atoms with Crippen LogP contribution in [0, 0.1) is 0 Å². The number of ether oxygens (including phenoxy) is 1. The molecule has 1 amide bonds. The average Bonchev–Trinajstić information content (AvgIpc) is 2.05. The van der Waals surface area contributed by atoms with E-state index in [9.17, 15) is 4.79 Å². The molecular formula is C9H17NO2. The number of carbonyl (C=O) groups is 1. The van der Waals surface area contributed by atoms with Crippen molar-refractivity contribution in [3.63, 3.8) is 0 Å². The Morgan fingerprint density at radius 1 is 1.58 bits per heavy atom. The van der Waals surface area contributed by atoms with Crippen LogP contribution in [0.2, 0.25) is 0 Å². The Kier molecular flexibility index (Phi) is 3.09. The highest BCUT2D eigenvalue weighted by molar-refractivity contribution is 5.74. The Morgan fingerprint density at radius 2 is 2.33 bits per heavy atom. The fraction of sp³-hybridized carbons (Fsp3) is 0.889. The van der Waals surface area contributed by atoms with Gasteiger partial charge in [-0.15, -0.1) is 0 Å². The molecule has 1 rings (SSSR count). The van der Waals surface area contributed by atoms with Gasteiger partial charge in [0, 0.05) is 6.61 Å². The van der Waals surface area contributed by atoms with Gasteiger partial charge >= 0.3 is 0 Å². The molecule has 0 aromatic heterocycles. The van der Waals surface area contributed by atoms with Gasteiger partial charge in [-0.2, -0.15) is 0 Å². The normalized spacial score (nSPS) is 30.1. The number of hydrogen-bond donors (Lipinski definition) is 1. The SMILES string of the molecule is CCC1(CC(N)=O)CCCCO1. The van der Waals surface area contributed by atoms with Gasteiger partial charge in [0.25, 0.3) is 0 Å². The number of primary amides is 1. The Balaban J connectivity index is 2.53. The molecule has 0 aromatic carbocycles. The minimum atomic E-state index is -0.251. The zero-order valence-electron chi connectivity index (χ0n) is 7.64. The highest BCUT2D eigenvalue weighted by atomic mass is 16.5. The number of carbonyl (C=O) groups excluding carboxylic acids is 1. The standard InChI is InChI=1S/C9H17NO2/c1-2-9(7-8(10)11)5-3-4-6-12-9/h2-7H2,1H3,(H2,10,11). The van der Waals surface area contributed by atoms with Crippen LogP contribution < -0.4 is 5.73 Å². The first kappa shape index (κ1) is 9.52. The lowest BCUT2D eigenvalue weighted by Gasteiger charge is -2.35. The van der Waals surface area contributed by atoms with Crippen LogP contribution in [0.1, 0.15) is 39.0 Å². The molecule has 0 aromatic rings. The molecule has 0 radical (unpaired) electrons. The molecule has 1 heterocycles. The maximum atomic E-state index is 10.8. The van der Waals surface area contributed by atoms with Crippen molar-refractivity contribution >= 4 is 5.91 Å². The Labute approximate surface area is 73.3 Å². The van der Waals surface area contributed by atoms with Crippen LogP contribution in [0.25, 0.3) is 0 Å². The lowest BCUT2D eigenvalue weighted by molar-refractivity contribution is -0.131. The summed E-state index contributed by atoms with van der Waals surface area (Å²) in [6, 6.07) is 0. The van der Waals surface area contributed by atoms with Crippen LogP contribution in [-0.2, 0) is 9.53 Å². The first-order chi connectivity index (χ1) is 5.68. The van der Waals surface area contributed by atoms with E-state index in [1.165, 1.54) is 0 Å². The maximum Gasteiger partial charge on any atom is 0.220 e. The molecule has 3 heteroatoms. The Bertz CT molecular complexity index is 162. The van der Waals surface area contributed by atoms with Crippen LogP contribution in [-0.4, -0.2) is 18.1 Å². The van der Waals surface area contributed by atoms with E-state index < -0.39 is 0 Å². The van der Waals surface area contributed by atoms with E-state index in [4.69, 9.17) is 10.5 Å². The van der Waals surface area contributed by atoms with Crippen molar-refractivity contribution in [1.82, 2.24) is 0 Å².